The predicted molar refractivity (Wildman–Crippen MR) is 113 cm³/mol. The van der Waals surface area contributed by atoms with Gasteiger partial charge in [-0.05, 0) is 78.6 Å². The van der Waals surface area contributed by atoms with Gasteiger partial charge >= 0.3 is 0 Å². The Morgan fingerprint density at radius 1 is 1.00 bits per heavy atom. The first-order valence-electron chi connectivity index (χ1n) is 11.2. The van der Waals surface area contributed by atoms with Gasteiger partial charge in [0.2, 0.25) is 0 Å². The van der Waals surface area contributed by atoms with E-state index in [2.05, 4.69) is 49.0 Å². The number of rotatable bonds is 5. The summed E-state index contributed by atoms with van der Waals surface area (Å²) in [6.07, 6.45) is 0.0195. The highest BCUT2D eigenvalue weighted by Gasteiger charge is 2.41. The molecule has 144 valence electrons. The maximum absolute atomic E-state index is 8.18. The molecule has 0 fully saturated rings. The Balaban J connectivity index is 2.56. The van der Waals surface area contributed by atoms with Gasteiger partial charge in [0.1, 0.15) is 5.69 Å². The van der Waals surface area contributed by atoms with E-state index in [1.807, 2.05) is 45.0 Å². The van der Waals surface area contributed by atoms with Crippen LogP contribution >= 0.6 is 0 Å². The van der Waals surface area contributed by atoms with Gasteiger partial charge in [-0.25, -0.2) is 4.57 Å². The van der Waals surface area contributed by atoms with Crippen molar-refractivity contribution in [1.29, 1.82) is 0 Å². The monoisotopic (exact) mass is 368 g/mol. The lowest BCUT2D eigenvalue weighted by Gasteiger charge is -2.27. The summed E-state index contributed by atoms with van der Waals surface area (Å²) in [5.74, 6) is 0.937. The summed E-state index contributed by atoms with van der Waals surface area (Å²) in [5, 5.41) is 0. The van der Waals surface area contributed by atoms with Crippen molar-refractivity contribution in [3.63, 3.8) is 0 Å². The van der Waals surface area contributed by atoms with Crippen molar-refractivity contribution < 1.29 is 13.4 Å². The van der Waals surface area contributed by atoms with Crippen molar-refractivity contribution in [3.8, 4) is 5.69 Å². The minimum absolute atomic E-state index is 0.0195. The molecule has 0 aliphatic rings. The van der Waals surface area contributed by atoms with E-state index in [1.165, 1.54) is 0 Å². The number of aryl methyl sites for hydroxylation is 2. The molecular formula is C24H33N2O+. The molecule has 0 radical (unpaired) electrons. The van der Waals surface area contributed by atoms with Crippen LogP contribution in [0.2, 0.25) is 0 Å². The predicted octanol–water partition coefficient (Wildman–Crippen LogP) is 5.78. The Morgan fingerprint density at radius 2 is 1.67 bits per heavy atom. The third-order valence-corrected chi connectivity index (χ3v) is 4.87. The van der Waals surface area contributed by atoms with E-state index in [0.29, 0.717) is 11.3 Å². The lowest BCUT2D eigenvalue weighted by Crippen LogP contribution is -2.47. The molecule has 27 heavy (non-hydrogen) atoms. The second kappa shape index (κ2) is 7.12. The molecule has 0 N–H and O–H groups in total. The number of hydrogen-bond acceptors (Lipinski definition) is 1. The normalized spacial score (nSPS) is 14.6. The zero-order chi connectivity index (χ0) is 22.4. The fraction of sp³-hybridized carbons (Fsp3) is 0.458. The Hall–Kier alpha value is -2.13. The number of nitrogens with zero attached hydrogens (tertiary/aromatic N) is 2. The number of ether oxygens (including phenoxy) is 1. The fourth-order valence-electron chi connectivity index (χ4n) is 4.10. The first kappa shape index (κ1) is 15.9. The molecule has 0 atom stereocenters. The van der Waals surface area contributed by atoms with Crippen molar-refractivity contribution >= 4 is 11.0 Å². The first-order valence-corrected chi connectivity index (χ1v) is 9.70. The fourth-order valence-corrected chi connectivity index (χ4v) is 4.10. The van der Waals surface area contributed by atoms with Gasteiger partial charge in [0.15, 0.2) is 16.6 Å². The van der Waals surface area contributed by atoms with Crippen LogP contribution in [0.3, 0.4) is 0 Å². The molecular weight excluding hydrogens is 332 g/mol. The second-order valence-corrected chi connectivity index (χ2v) is 8.26. The van der Waals surface area contributed by atoms with E-state index >= 15 is 0 Å². The molecule has 0 saturated heterocycles. The van der Waals surface area contributed by atoms with Crippen LogP contribution in [0.4, 0.5) is 0 Å². The molecule has 1 aromatic heterocycles. The van der Waals surface area contributed by atoms with Crippen molar-refractivity contribution in [1.82, 2.24) is 4.57 Å². The zero-order valence-electron chi connectivity index (χ0n) is 20.5. The molecule has 2 aromatic carbocycles. The van der Waals surface area contributed by atoms with Gasteiger partial charge in [0, 0.05) is 4.11 Å². The maximum atomic E-state index is 8.18. The number of hydrogen-bond donors (Lipinski definition) is 0. The van der Waals surface area contributed by atoms with Crippen LogP contribution in [0, 0.1) is 13.8 Å². The van der Waals surface area contributed by atoms with Gasteiger partial charge in [-0.15, -0.1) is 0 Å². The Labute approximate surface area is 167 Å². The summed E-state index contributed by atoms with van der Waals surface area (Å²) < 4.78 is 35.3. The van der Waals surface area contributed by atoms with Crippen LogP contribution in [-0.4, -0.2) is 10.7 Å². The molecule has 3 nitrogen and oxygen atoms in total. The highest BCUT2D eigenvalue weighted by atomic mass is 16.5. The van der Waals surface area contributed by atoms with Crippen molar-refractivity contribution in [2.75, 3.05) is 0 Å². The molecule has 0 aliphatic carbocycles. The van der Waals surface area contributed by atoms with E-state index in [4.69, 9.17) is 8.85 Å². The lowest BCUT2D eigenvalue weighted by atomic mass is 10.0. The van der Waals surface area contributed by atoms with Crippen LogP contribution in [0.5, 0.6) is 0 Å². The van der Waals surface area contributed by atoms with Crippen LogP contribution < -0.4 is 4.57 Å². The first-order chi connectivity index (χ1) is 13.9. The Morgan fingerprint density at radius 3 is 2.30 bits per heavy atom. The molecule has 0 bridgehead atoms. The van der Waals surface area contributed by atoms with Gasteiger partial charge < -0.3 is 4.74 Å². The molecule has 0 unspecified atom stereocenters. The topological polar surface area (TPSA) is 18.0 Å². The van der Waals surface area contributed by atoms with Gasteiger partial charge in [-0.3, -0.25) is 0 Å². The number of fused-ring (bicyclic) bond motifs is 1. The zero-order valence-corrected chi connectivity index (χ0v) is 17.5. The van der Waals surface area contributed by atoms with Gasteiger partial charge in [0.25, 0.3) is 5.82 Å². The van der Waals surface area contributed by atoms with Crippen LogP contribution in [-0.2, 0) is 10.3 Å². The van der Waals surface area contributed by atoms with Crippen LogP contribution in [0.15, 0.2) is 42.5 Å². The van der Waals surface area contributed by atoms with E-state index in [-0.39, 0.29) is 12.1 Å². The van der Waals surface area contributed by atoms with E-state index in [1.54, 1.807) is 6.07 Å². The maximum Gasteiger partial charge on any atom is 0.295 e. The summed E-state index contributed by atoms with van der Waals surface area (Å²) in [5.41, 5.74) is 3.36. The number of imidazole rings is 1. The second-order valence-electron chi connectivity index (χ2n) is 8.26. The minimum Gasteiger partial charge on any atom is -0.360 e. The van der Waals surface area contributed by atoms with Crippen molar-refractivity contribution in [2.24, 2.45) is 0 Å². The van der Waals surface area contributed by atoms with Crippen LogP contribution in [0.1, 0.15) is 68.6 Å². The third-order valence-electron chi connectivity index (χ3n) is 4.87. The van der Waals surface area contributed by atoms with E-state index in [0.717, 1.165) is 22.4 Å². The average molecular weight is 369 g/mol. The average Bonchev–Trinajstić information content (AvgIpc) is 2.96. The minimum atomic E-state index is -2.23. The SMILES string of the molecule is [2H]C([2H])([2H])c1cccc(C)c1-n1c(C(C)(C)OC(C)C)[n+](C(C)C)c2ccccc21. The number of aromatic nitrogens is 2. The van der Waals surface area contributed by atoms with E-state index < -0.39 is 12.5 Å². The summed E-state index contributed by atoms with van der Waals surface area (Å²) in [6, 6.07) is 13.8. The summed E-state index contributed by atoms with van der Waals surface area (Å²) in [6.45, 7) is 12.2. The van der Waals surface area contributed by atoms with Crippen LogP contribution in [0.25, 0.3) is 16.7 Å². The molecule has 1 heterocycles. The summed E-state index contributed by atoms with van der Waals surface area (Å²) in [7, 11) is 0. The Bertz CT molecular complexity index is 1060. The molecule has 3 heteroatoms. The molecule has 3 rings (SSSR count). The summed E-state index contributed by atoms with van der Waals surface area (Å²) >= 11 is 0. The highest BCUT2D eigenvalue weighted by Crippen LogP contribution is 2.34. The molecule has 0 amide bonds. The molecule has 0 spiro atoms. The molecule has 0 saturated carbocycles. The number of para-hydroxylation sites is 3. The van der Waals surface area contributed by atoms with Crippen molar-refractivity contribution in [2.45, 2.75) is 73.1 Å². The van der Waals surface area contributed by atoms with Gasteiger partial charge in [0.05, 0.1) is 12.1 Å². The van der Waals surface area contributed by atoms with Gasteiger partial charge in [-0.2, -0.15) is 4.57 Å². The quantitative estimate of drug-likeness (QED) is 0.522. The largest absolute Gasteiger partial charge is 0.360 e. The summed E-state index contributed by atoms with van der Waals surface area (Å²) in [4.78, 5) is 0. The Kier molecular flexibility index (Phi) is 4.19. The smallest absolute Gasteiger partial charge is 0.295 e. The standard InChI is InChI=1S/C24H33N2O/c1-16(2)25-20-14-9-10-15-21(20)26(22-18(5)12-11-13-19(22)6)23(25)24(7,8)27-17(3)4/h9-17H,1-8H3/q+1/i5D3. The third kappa shape index (κ3) is 3.41. The molecule has 3 aromatic rings. The van der Waals surface area contributed by atoms with E-state index in [9.17, 15) is 0 Å². The van der Waals surface area contributed by atoms with Crippen molar-refractivity contribution in [3.05, 3.63) is 59.4 Å². The van der Waals surface area contributed by atoms with Gasteiger partial charge in [-0.1, -0.05) is 30.3 Å². The number of benzene rings is 2. The molecule has 0 aliphatic heterocycles. The highest BCUT2D eigenvalue weighted by molar-refractivity contribution is 5.76. The lowest BCUT2D eigenvalue weighted by molar-refractivity contribution is -0.705.